The number of nitrogens with zero attached hydrogens (tertiary/aromatic N) is 4. The third-order valence-electron chi connectivity index (χ3n) is 3.37. The number of carbonyl (C=O) groups is 2. The fourth-order valence-electron chi connectivity index (χ4n) is 2.00. The number of aliphatic carboxylic acids is 1. The first kappa shape index (κ1) is 13.2. The number of carbonyl (C=O) groups excluding carboxylic acids is 1. The van der Waals surface area contributed by atoms with Crippen molar-refractivity contribution >= 4 is 12.0 Å². The minimum Gasteiger partial charge on any atom is -0.481 e. The van der Waals surface area contributed by atoms with Gasteiger partial charge in [-0.25, -0.2) is 4.79 Å². The number of carboxylic acids is 1. The van der Waals surface area contributed by atoms with Gasteiger partial charge >= 0.3 is 12.0 Å². The molecular formula is C10H16N6O3. The molecule has 2 amide bonds. The van der Waals surface area contributed by atoms with E-state index in [2.05, 4.69) is 25.9 Å². The van der Waals surface area contributed by atoms with E-state index in [1.54, 1.807) is 13.8 Å². The smallest absolute Gasteiger partial charge is 0.318 e. The van der Waals surface area contributed by atoms with E-state index in [1.165, 1.54) is 4.90 Å². The van der Waals surface area contributed by atoms with Crippen molar-refractivity contribution in [2.45, 2.75) is 26.3 Å². The molecule has 0 bridgehead atoms. The molecule has 0 aromatic carbocycles. The molecule has 1 aromatic heterocycles. The summed E-state index contributed by atoms with van der Waals surface area (Å²) in [6.45, 7) is 4.00. The van der Waals surface area contributed by atoms with E-state index < -0.39 is 11.4 Å². The van der Waals surface area contributed by atoms with E-state index in [-0.39, 0.29) is 18.6 Å². The van der Waals surface area contributed by atoms with Crippen LogP contribution < -0.4 is 5.32 Å². The van der Waals surface area contributed by atoms with Crippen LogP contribution in [0, 0.1) is 5.41 Å². The topological polar surface area (TPSA) is 124 Å². The number of rotatable bonds is 3. The van der Waals surface area contributed by atoms with E-state index in [0.29, 0.717) is 18.8 Å². The molecule has 1 aromatic rings. The molecule has 104 valence electrons. The molecule has 0 spiro atoms. The van der Waals surface area contributed by atoms with Gasteiger partial charge in [0, 0.05) is 13.1 Å². The Morgan fingerprint density at radius 2 is 2.32 bits per heavy atom. The van der Waals surface area contributed by atoms with Gasteiger partial charge in [-0.2, -0.15) is 5.21 Å². The Bertz CT molecular complexity index is 476. The van der Waals surface area contributed by atoms with E-state index in [4.69, 9.17) is 5.11 Å². The van der Waals surface area contributed by atoms with Crippen LogP contribution in [-0.2, 0) is 4.79 Å². The Morgan fingerprint density at radius 1 is 1.58 bits per heavy atom. The van der Waals surface area contributed by atoms with Crippen LogP contribution in [0.4, 0.5) is 4.79 Å². The SMILES string of the molecule is CC(NC(=O)N1CCC(C)(C(=O)O)C1)c1nn[nH]n1. The summed E-state index contributed by atoms with van der Waals surface area (Å²) in [5.41, 5.74) is -0.868. The maximum Gasteiger partial charge on any atom is 0.318 e. The molecule has 1 aliphatic rings. The van der Waals surface area contributed by atoms with Crippen molar-refractivity contribution in [3.05, 3.63) is 5.82 Å². The maximum atomic E-state index is 12.0. The van der Waals surface area contributed by atoms with Gasteiger partial charge in [-0.1, -0.05) is 5.21 Å². The Kier molecular flexibility index (Phi) is 3.36. The summed E-state index contributed by atoms with van der Waals surface area (Å²) in [6, 6.07) is -0.704. The molecule has 1 aliphatic heterocycles. The largest absolute Gasteiger partial charge is 0.481 e. The Balaban J connectivity index is 1.93. The zero-order valence-corrected chi connectivity index (χ0v) is 10.8. The van der Waals surface area contributed by atoms with Crippen molar-refractivity contribution in [2.75, 3.05) is 13.1 Å². The van der Waals surface area contributed by atoms with Crippen molar-refractivity contribution in [1.82, 2.24) is 30.8 Å². The van der Waals surface area contributed by atoms with Crippen molar-refractivity contribution in [2.24, 2.45) is 5.41 Å². The monoisotopic (exact) mass is 268 g/mol. The van der Waals surface area contributed by atoms with Crippen molar-refractivity contribution in [1.29, 1.82) is 0 Å². The van der Waals surface area contributed by atoms with Gasteiger partial charge in [-0.15, -0.1) is 10.2 Å². The maximum absolute atomic E-state index is 12.0. The number of H-pyrrole nitrogens is 1. The molecule has 19 heavy (non-hydrogen) atoms. The Labute approximate surface area is 109 Å². The molecule has 0 saturated carbocycles. The van der Waals surface area contributed by atoms with Crippen LogP contribution in [0.5, 0.6) is 0 Å². The predicted octanol–water partition coefficient (Wildman–Crippen LogP) is -0.233. The van der Waals surface area contributed by atoms with Crippen LogP contribution >= 0.6 is 0 Å². The fourth-order valence-corrected chi connectivity index (χ4v) is 2.00. The second-order valence-electron chi connectivity index (χ2n) is 4.98. The minimum absolute atomic E-state index is 0.202. The number of aromatic nitrogens is 4. The first-order valence-corrected chi connectivity index (χ1v) is 5.94. The Morgan fingerprint density at radius 3 is 2.84 bits per heavy atom. The molecular weight excluding hydrogens is 252 g/mol. The number of aromatic amines is 1. The molecule has 0 radical (unpaired) electrons. The van der Waals surface area contributed by atoms with Gasteiger partial charge in [-0.05, 0) is 20.3 Å². The number of carboxylic acid groups (broad SMARTS) is 1. The number of urea groups is 1. The van der Waals surface area contributed by atoms with Gasteiger partial charge < -0.3 is 15.3 Å². The van der Waals surface area contributed by atoms with Crippen molar-refractivity contribution in [3.63, 3.8) is 0 Å². The molecule has 9 nitrogen and oxygen atoms in total. The highest BCUT2D eigenvalue weighted by atomic mass is 16.4. The van der Waals surface area contributed by atoms with Gasteiger partial charge in [0.1, 0.15) is 0 Å². The minimum atomic E-state index is -0.881. The Hall–Kier alpha value is -2.19. The third kappa shape index (κ3) is 2.64. The van der Waals surface area contributed by atoms with Crippen LogP contribution in [0.1, 0.15) is 32.1 Å². The summed E-state index contributed by atoms with van der Waals surface area (Å²) in [5, 5.41) is 25.1. The zero-order chi connectivity index (χ0) is 14.0. The van der Waals surface area contributed by atoms with Crippen LogP contribution in [0.2, 0.25) is 0 Å². The van der Waals surface area contributed by atoms with E-state index in [1.807, 2.05) is 0 Å². The van der Waals surface area contributed by atoms with Crippen LogP contribution in [-0.4, -0.2) is 55.7 Å². The van der Waals surface area contributed by atoms with Crippen LogP contribution in [0.3, 0.4) is 0 Å². The standard InChI is InChI=1S/C10H16N6O3/c1-6(7-12-14-15-13-7)11-9(19)16-4-3-10(2,5-16)8(17)18/h6H,3-5H2,1-2H3,(H,11,19)(H,17,18)(H,12,13,14,15). The van der Waals surface area contributed by atoms with E-state index in [9.17, 15) is 9.59 Å². The number of hydrogen-bond acceptors (Lipinski definition) is 5. The van der Waals surface area contributed by atoms with Gasteiger partial charge in [-0.3, -0.25) is 4.79 Å². The summed E-state index contributed by atoms with van der Waals surface area (Å²) in [6.07, 6.45) is 0.451. The predicted molar refractivity (Wildman–Crippen MR) is 63.1 cm³/mol. The van der Waals surface area contributed by atoms with Crippen LogP contribution in [0.15, 0.2) is 0 Å². The quantitative estimate of drug-likeness (QED) is 0.695. The number of likely N-dealkylation sites (tertiary alicyclic amines) is 1. The highest BCUT2D eigenvalue weighted by molar-refractivity contribution is 5.79. The summed E-state index contributed by atoms with van der Waals surface area (Å²) in [4.78, 5) is 24.6. The summed E-state index contributed by atoms with van der Waals surface area (Å²) in [7, 11) is 0. The van der Waals surface area contributed by atoms with Gasteiger partial charge in [0.2, 0.25) is 0 Å². The lowest BCUT2D eigenvalue weighted by Gasteiger charge is -2.21. The van der Waals surface area contributed by atoms with Crippen LogP contribution in [0.25, 0.3) is 0 Å². The second kappa shape index (κ2) is 4.82. The zero-order valence-electron chi connectivity index (χ0n) is 10.8. The lowest BCUT2D eigenvalue weighted by molar-refractivity contribution is -0.146. The highest BCUT2D eigenvalue weighted by Crippen LogP contribution is 2.30. The average Bonchev–Trinajstić information content (AvgIpc) is 2.98. The molecule has 1 fully saturated rings. The summed E-state index contributed by atoms with van der Waals surface area (Å²) in [5.74, 6) is -0.498. The van der Waals surface area contributed by atoms with E-state index >= 15 is 0 Å². The lowest BCUT2D eigenvalue weighted by atomic mass is 9.90. The van der Waals surface area contributed by atoms with Gasteiger partial charge in [0.25, 0.3) is 0 Å². The number of nitrogens with one attached hydrogen (secondary N) is 2. The van der Waals surface area contributed by atoms with E-state index in [0.717, 1.165) is 0 Å². The normalized spacial score (nSPS) is 24.2. The average molecular weight is 268 g/mol. The summed E-state index contributed by atoms with van der Waals surface area (Å²) < 4.78 is 0. The fraction of sp³-hybridized carbons (Fsp3) is 0.700. The molecule has 3 N–H and O–H groups in total. The highest BCUT2D eigenvalue weighted by Gasteiger charge is 2.42. The number of hydrogen-bond donors (Lipinski definition) is 3. The number of amides is 2. The second-order valence-corrected chi connectivity index (χ2v) is 4.98. The molecule has 2 rings (SSSR count). The lowest BCUT2D eigenvalue weighted by Crippen LogP contribution is -2.42. The molecule has 1 saturated heterocycles. The number of tetrazole rings is 1. The van der Waals surface area contributed by atoms with Gasteiger partial charge in [0.05, 0.1) is 11.5 Å². The molecule has 2 atom stereocenters. The summed E-state index contributed by atoms with van der Waals surface area (Å²) >= 11 is 0. The molecule has 2 heterocycles. The first-order valence-electron chi connectivity index (χ1n) is 5.94. The first-order chi connectivity index (χ1) is 8.92. The molecule has 2 unspecified atom stereocenters. The third-order valence-corrected chi connectivity index (χ3v) is 3.37. The molecule has 0 aliphatic carbocycles. The van der Waals surface area contributed by atoms with Crippen molar-refractivity contribution < 1.29 is 14.7 Å². The van der Waals surface area contributed by atoms with Crippen molar-refractivity contribution in [3.8, 4) is 0 Å². The van der Waals surface area contributed by atoms with Gasteiger partial charge in [0.15, 0.2) is 5.82 Å². The molecule has 9 heteroatoms.